The van der Waals surface area contributed by atoms with E-state index in [1.54, 1.807) is 24.3 Å². The fraction of sp³-hybridized carbons (Fsp3) is 0.231. The van der Waals surface area contributed by atoms with Crippen LogP contribution in [0.25, 0.3) is 0 Å². The van der Waals surface area contributed by atoms with Crippen LogP contribution < -0.4 is 4.74 Å². The topological polar surface area (TPSA) is 46.6 Å². The summed E-state index contributed by atoms with van der Waals surface area (Å²) in [7, 11) is 0. The third kappa shape index (κ3) is 4.57. The number of hydrogen-bond donors (Lipinski definition) is 0. The summed E-state index contributed by atoms with van der Waals surface area (Å²) >= 11 is 3.43. The maximum atomic E-state index is 12.7. The predicted octanol–water partition coefficient (Wildman–Crippen LogP) is 5.99. The molecule has 4 rings (SSSR count). The largest absolute Gasteiger partial charge is 0.489 e. The van der Waals surface area contributed by atoms with Gasteiger partial charge in [0.05, 0.1) is 11.1 Å². The number of carbonyl (C=O) groups excluding carboxylic acids is 2. The molecule has 1 heterocycles. The van der Waals surface area contributed by atoms with E-state index >= 15 is 0 Å². The third-order valence-corrected chi connectivity index (χ3v) is 6.06. The number of imide groups is 1. The lowest BCUT2D eigenvalue weighted by atomic mass is 9.93. The van der Waals surface area contributed by atoms with Gasteiger partial charge in [-0.15, -0.1) is 0 Å². The second-order valence-electron chi connectivity index (χ2n) is 7.99. The molecule has 0 saturated carbocycles. The Kier molecular flexibility index (Phi) is 6.23. The first-order chi connectivity index (χ1) is 14.9. The van der Waals surface area contributed by atoms with E-state index in [0.717, 1.165) is 21.3 Å². The first kappa shape index (κ1) is 21.3. The van der Waals surface area contributed by atoms with E-state index in [9.17, 15) is 9.59 Å². The van der Waals surface area contributed by atoms with Crippen LogP contribution in [0.1, 0.15) is 57.2 Å². The highest BCUT2D eigenvalue weighted by molar-refractivity contribution is 9.10. The van der Waals surface area contributed by atoms with E-state index in [0.29, 0.717) is 36.6 Å². The smallest absolute Gasteiger partial charge is 0.261 e. The number of benzene rings is 3. The predicted molar refractivity (Wildman–Crippen MR) is 125 cm³/mol. The monoisotopic (exact) mass is 477 g/mol. The summed E-state index contributed by atoms with van der Waals surface area (Å²) < 4.78 is 6.93. The minimum absolute atomic E-state index is 0.207. The van der Waals surface area contributed by atoms with Gasteiger partial charge in [0.1, 0.15) is 12.4 Å². The Hall–Kier alpha value is -2.92. The molecule has 4 nitrogen and oxygen atoms in total. The molecule has 1 aliphatic rings. The second kappa shape index (κ2) is 9.06. The molecule has 0 radical (unpaired) electrons. The Morgan fingerprint density at radius 3 is 2.16 bits per heavy atom. The van der Waals surface area contributed by atoms with Crippen molar-refractivity contribution in [2.45, 2.75) is 32.8 Å². The SMILES string of the molecule is CC(C)c1ccc(COc2ccc(Br)cc2)cc1CCN1C(=O)c2ccccc2C1=O. The molecule has 0 bridgehead atoms. The van der Waals surface area contributed by atoms with Gasteiger partial charge in [-0.3, -0.25) is 14.5 Å². The fourth-order valence-electron chi connectivity index (χ4n) is 3.90. The first-order valence-corrected chi connectivity index (χ1v) is 11.2. The highest BCUT2D eigenvalue weighted by atomic mass is 79.9. The van der Waals surface area contributed by atoms with Gasteiger partial charge in [0.25, 0.3) is 11.8 Å². The highest BCUT2D eigenvalue weighted by Crippen LogP contribution is 2.26. The molecule has 3 aromatic rings. The van der Waals surface area contributed by atoms with Crippen LogP contribution in [0.5, 0.6) is 5.75 Å². The van der Waals surface area contributed by atoms with Gasteiger partial charge in [-0.25, -0.2) is 0 Å². The molecule has 0 atom stereocenters. The summed E-state index contributed by atoms with van der Waals surface area (Å²) in [4.78, 5) is 26.7. The molecule has 0 spiro atoms. The van der Waals surface area contributed by atoms with E-state index in [1.807, 2.05) is 24.3 Å². The minimum Gasteiger partial charge on any atom is -0.489 e. The quantitative estimate of drug-likeness (QED) is 0.392. The van der Waals surface area contributed by atoms with Gasteiger partial charge in [0.2, 0.25) is 0 Å². The van der Waals surface area contributed by atoms with E-state index in [2.05, 4.69) is 48.0 Å². The molecule has 0 saturated heterocycles. The molecular weight excluding hydrogens is 454 g/mol. The van der Waals surface area contributed by atoms with Crippen molar-refractivity contribution in [1.29, 1.82) is 0 Å². The van der Waals surface area contributed by atoms with Crippen LogP contribution in [0.4, 0.5) is 0 Å². The molecule has 158 valence electrons. The zero-order chi connectivity index (χ0) is 22.0. The van der Waals surface area contributed by atoms with Gasteiger partial charge >= 0.3 is 0 Å². The summed E-state index contributed by atoms with van der Waals surface area (Å²) in [6, 6.07) is 21.1. The van der Waals surface area contributed by atoms with Crippen molar-refractivity contribution in [3.05, 3.63) is 99.0 Å². The number of fused-ring (bicyclic) bond motifs is 1. The molecule has 0 unspecified atom stereocenters. The summed E-state index contributed by atoms with van der Waals surface area (Å²) in [6.07, 6.45) is 0.616. The maximum Gasteiger partial charge on any atom is 0.261 e. The summed E-state index contributed by atoms with van der Waals surface area (Å²) in [5, 5.41) is 0. The van der Waals surface area contributed by atoms with Crippen LogP contribution in [0.15, 0.2) is 71.2 Å². The van der Waals surface area contributed by atoms with Crippen molar-refractivity contribution in [2.75, 3.05) is 6.54 Å². The molecule has 5 heteroatoms. The van der Waals surface area contributed by atoms with Crippen LogP contribution >= 0.6 is 15.9 Å². The third-order valence-electron chi connectivity index (χ3n) is 5.53. The number of carbonyl (C=O) groups is 2. The van der Waals surface area contributed by atoms with Crippen LogP contribution in [0.3, 0.4) is 0 Å². The van der Waals surface area contributed by atoms with E-state index in [-0.39, 0.29) is 11.8 Å². The zero-order valence-corrected chi connectivity index (χ0v) is 19.2. The number of nitrogens with zero attached hydrogens (tertiary/aromatic N) is 1. The van der Waals surface area contributed by atoms with Gasteiger partial charge in [-0.2, -0.15) is 0 Å². The number of amides is 2. The lowest BCUT2D eigenvalue weighted by molar-refractivity contribution is 0.0656. The lowest BCUT2D eigenvalue weighted by Crippen LogP contribution is -2.32. The molecule has 2 amide bonds. The van der Waals surface area contributed by atoms with Gasteiger partial charge in [-0.1, -0.05) is 60.1 Å². The van der Waals surface area contributed by atoms with Crippen LogP contribution in [0, 0.1) is 0 Å². The Labute approximate surface area is 191 Å². The molecule has 0 aliphatic carbocycles. The normalized spacial score (nSPS) is 13.1. The van der Waals surface area contributed by atoms with Crippen molar-refractivity contribution in [2.24, 2.45) is 0 Å². The first-order valence-electron chi connectivity index (χ1n) is 10.4. The van der Waals surface area contributed by atoms with Gasteiger partial charge < -0.3 is 4.74 Å². The van der Waals surface area contributed by atoms with Crippen LogP contribution in [0.2, 0.25) is 0 Å². The standard InChI is InChI=1S/C26H24BrNO3/c1-17(2)22-12-7-18(16-31-21-10-8-20(27)9-11-21)15-19(22)13-14-28-25(29)23-5-3-4-6-24(23)26(28)30/h3-12,15,17H,13-14,16H2,1-2H3. The van der Waals surface area contributed by atoms with Crippen molar-refractivity contribution in [3.8, 4) is 5.75 Å². The molecule has 1 aliphatic heterocycles. The van der Waals surface area contributed by atoms with Crippen molar-refractivity contribution < 1.29 is 14.3 Å². The number of ether oxygens (including phenoxy) is 1. The second-order valence-corrected chi connectivity index (χ2v) is 8.90. The highest BCUT2D eigenvalue weighted by Gasteiger charge is 2.34. The van der Waals surface area contributed by atoms with Crippen molar-refractivity contribution >= 4 is 27.7 Å². The summed E-state index contributed by atoms with van der Waals surface area (Å²) in [5.41, 5.74) is 4.42. The number of halogens is 1. The maximum absolute atomic E-state index is 12.7. The van der Waals surface area contributed by atoms with Crippen molar-refractivity contribution in [3.63, 3.8) is 0 Å². The minimum atomic E-state index is -0.207. The van der Waals surface area contributed by atoms with Crippen LogP contribution in [-0.2, 0) is 13.0 Å². The van der Waals surface area contributed by atoms with E-state index in [4.69, 9.17) is 4.74 Å². The fourth-order valence-corrected chi connectivity index (χ4v) is 4.16. The van der Waals surface area contributed by atoms with Gasteiger partial charge in [0, 0.05) is 11.0 Å². The molecule has 0 fully saturated rings. The van der Waals surface area contributed by atoms with E-state index in [1.165, 1.54) is 10.5 Å². The van der Waals surface area contributed by atoms with E-state index < -0.39 is 0 Å². The summed E-state index contributed by atoms with van der Waals surface area (Å²) in [5.74, 6) is 0.741. The average Bonchev–Trinajstić information content (AvgIpc) is 3.02. The Balaban J connectivity index is 1.49. The Morgan fingerprint density at radius 2 is 1.55 bits per heavy atom. The van der Waals surface area contributed by atoms with Crippen LogP contribution in [-0.4, -0.2) is 23.3 Å². The Bertz CT molecular complexity index is 1090. The summed E-state index contributed by atoms with van der Waals surface area (Å²) in [6.45, 7) is 5.13. The average molecular weight is 478 g/mol. The van der Waals surface area contributed by atoms with Crippen molar-refractivity contribution in [1.82, 2.24) is 4.90 Å². The molecular formula is C26H24BrNO3. The van der Waals surface area contributed by atoms with Gasteiger partial charge in [0.15, 0.2) is 0 Å². The number of rotatable bonds is 7. The molecule has 3 aromatic carbocycles. The molecule has 0 aromatic heterocycles. The Morgan fingerprint density at radius 1 is 0.903 bits per heavy atom. The number of hydrogen-bond acceptors (Lipinski definition) is 3. The lowest BCUT2D eigenvalue weighted by Gasteiger charge is -2.18. The zero-order valence-electron chi connectivity index (χ0n) is 17.6. The molecule has 31 heavy (non-hydrogen) atoms. The van der Waals surface area contributed by atoms with Gasteiger partial charge in [-0.05, 0) is 65.4 Å². The molecule has 0 N–H and O–H groups in total.